The molecule has 1 aromatic carbocycles. The first kappa shape index (κ1) is 14.7. The SMILES string of the molecule is CC(C)n1ncc(Br)c1C(O)c1cccc(Br)c1F. The number of hydrogen-bond donors (Lipinski definition) is 1. The molecule has 0 saturated heterocycles. The van der Waals surface area contributed by atoms with Gasteiger partial charge in [-0.1, -0.05) is 12.1 Å². The minimum atomic E-state index is -1.07. The van der Waals surface area contributed by atoms with E-state index in [4.69, 9.17) is 0 Å². The second-order valence-electron chi connectivity index (χ2n) is 4.46. The molecule has 19 heavy (non-hydrogen) atoms. The maximum atomic E-state index is 14.1. The van der Waals surface area contributed by atoms with Crippen LogP contribution in [0.15, 0.2) is 33.3 Å². The van der Waals surface area contributed by atoms with E-state index in [1.165, 1.54) is 0 Å². The zero-order valence-corrected chi connectivity index (χ0v) is 13.6. The molecule has 0 aliphatic heterocycles. The van der Waals surface area contributed by atoms with Crippen LogP contribution in [0.1, 0.15) is 37.3 Å². The maximum absolute atomic E-state index is 14.1. The number of aromatic nitrogens is 2. The molecular formula is C13H13Br2FN2O. The van der Waals surface area contributed by atoms with E-state index in [1.807, 2.05) is 13.8 Å². The van der Waals surface area contributed by atoms with Gasteiger partial charge < -0.3 is 5.11 Å². The molecule has 0 saturated carbocycles. The number of hydrogen-bond acceptors (Lipinski definition) is 2. The molecule has 1 aromatic heterocycles. The standard InChI is InChI=1S/C13H13Br2FN2O/c1-7(2)18-12(10(15)6-17-18)13(19)8-4-3-5-9(14)11(8)16/h3-7,13,19H,1-2H3. The third-order valence-corrected chi connectivity index (χ3v) is 4.03. The lowest BCUT2D eigenvalue weighted by atomic mass is 10.1. The average molecular weight is 392 g/mol. The first-order valence-electron chi connectivity index (χ1n) is 5.78. The monoisotopic (exact) mass is 390 g/mol. The minimum absolute atomic E-state index is 0.0752. The van der Waals surface area contributed by atoms with Crippen LogP contribution >= 0.6 is 31.9 Å². The van der Waals surface area contributed by atoms with Crippen molar-refractivity contribution >= 4 is 31.9 Å². The number of benzene rings is 1. The van der Waals surface area contributed by atoms with E-state index in [-0.39, 0.29) is 11.6 Å². The Hall–Kier alpha value is -0.720. The van der Waals surface area contributed by atoms with E-state index >= 15 is 0 Å². The first-order valence-corrected chi connectivity index (χ1v) is 7.37. The van der Waals surface area contributed by atoms with Crippen molar-refractivity contribution in [1.82, 2.24) is 9.78 Å². The van der Waals surface area contributed by atoms with Crippen molar-refractivity contribution in [3.05, 3.63) is 50.4 Å². The predicted molar refractivity (Wildman–Crippen MR) is 78.5 cm³/mol. The quantitative estimate of drug-likeness (QED) is 0.850. The number of halogens is 3. The summed E-state index contributed by atoms with van der Waals surface area (Å²) in [5.41, 5.74) is 0.768. The zero-order chi connectivity index (χ0) is 14.2. The summed E-state index contributed by atoms with van der Waals surface area (Å²) in [6.45, 7) is 3.90. The van der Waals surface area contributed by atoms with Gasteiger partial charge >= 0.3 is 0 Å². The lowest BCUT2D eigenvalue weighted by Gasteiger charge is -2.17. The van der Waals surface area contributed by atoms with Crippen LogP contribution in [0.2, 0.25) is 0 Å². The molecule has 3 nitrogen and oxygen atoms in total. The van der Waals surface area contributed by atoms with Gasteiger partial charge in [-0.15, -0.1) is 0 Å². The third kappa shape index (κ3) is 2.75. The largest absolute Gasteiger partial charge is 0.382 e. The number of rotatable bonds is 3. The predicted octanol–water partition coefficient (Wildman–Crippen LogP) is 4.21. The average Bonchev–Trinajstić information content (AvgIpc) is 2.74. The maximum Gasteiger partial charge on any atom is 0.143 e. The van der Waals surface area contributed by atoms with Crippen molar-refractivity contribution in [1.29, 1.82) is 0 Å². The van der Waals surface area contributed by atoms with Gasteiger partial charge in [-0.2, -0.15) is 5.10 Å². The third-order valence-electron chi connectivity index (χ3n) is 2.81. The summed E-state index contributed by atoms with van der Waals surface area (Å²) in [6, 6.07) is 4.93. The van der Waals surface area contributed by atoms with E-state index in [9.17, 15) is 9.50 Å². The fraction of sp³-hybridized carbons (Fsp3) is 0.308. The molecule has 1 unspecified atom stereocenters. The summed E-state index contributed by atoms with van der Waals surface area (Å²) < 4.78 is 16.7. The molecule has 102 valence electrons. The lowest BCUT2D eigenvalue weighted by molar-refractivity contribution is 0.199. The van der Waals surface area contributed by atoms with Crippen molar-refractivity contribution in [2.45, 2.75) is 26.0 Å². The molecule has 0 spiro atoms. The van der Waals surface area contributed by atoms with Gasteiger partial charge in [0, 0.05) is 11.6 Å². The molecule has 6 heteroatoms. The summed E-state index contributed by atoms with van der Waals surface area (Å²) in [4.78, 5) is 0. The number of aliphatic hydroxyl groups excluding tert-OH is 1. The Morgan fingerprint density at radius 1 is 1.26 bits per heavy atom. The van der Waals surface area contributed by atoms with Crippen molar-refractivity contribution in [3.8, 4) is 0 Å². The highest BCUT2D eigenvalue weighted by atomic mass is 79.9. The van der Waals surface area contributed by atoms with Gasteiger partial charge in [-0.25, -0.2) is 4.39 Å². The van der Waals surface area contributed by atoms with Crippen LogP contribution in [0.3, 0.4) is 0 Å². The normalized spacial score (nSPS) is 13.0. The van der Waals surface area contributed by atoms with Crippen LogP contribution in [-0.4, -0.2) is 14.9 Å². The minimum Gasteiger partial charge on any atom is -0.382 e. The Morgan fingerprint density at radius 3 is 2.58 bits per heavy atom. The molecule has 0 fully saturated rings. The molecule has 1 N–H and O–H groups in total. The van der Waals surface area contributed by atoms with E-state index in [1.54, 1.807) is 29.1 Å². The molecule has 0 amide bonds. The zero-order valence-electron chi connectivity index (χ0n) is 10.4. The summed E-state index contributed by atoms with van der Waals surface area (Å²) in [5, 5.41) is 14.6. The van der Waals surface area contributed by atoms with Crippen molar-refractivity contribution < 1.29 is 9.50 Å². The van der Waals surface area contributed by atoms with Crippen molar-refractivity contribution in [2.75, 3.05) is 0 Å². The van der Waals surface area contributed by atoms with E-state index in [0.717, 1.165) is 0 Å². The molecule has 2 rings (SSSR count). The highest BCUT2D eigenvalue weighted by Crippen LogP contribution is 2.33. The molecule has 0 aliphatic carbocycles. The van der Waals surface area contributed by atoms with Gasteiger partial charge in [-0.05, 0) is 51.8 Å². The van der Waals surface area contributed by atoms with E-state index in [2.05, 4.69) is 37.0 Å². The summed E-state index contributed by atoms with van der Waals surface area (Å²) >= 11 is 6.47. The van der Waals surface area contributed by atoms with Crippen LogP contribution in [0.5, 0.6) is 0 Å². The Labute approximate surface area is 127 Å². The highest BCUT2D eigenvalue weighted by molar-refractivity contribution is 9.10. The van der Waals surface area contributed by atoms with Gasteiger partial charge in [0.05, 0.1) is 20.8 Å². The summed E-state index contributed by atoms with van der Waals surface area (Å²) in [7, 11) is 0. The molecular weight excluding hydrogens is 379 g/mol. The smallest absolute Gasteiger partial charge is 0.143 e. The van der Waals surface area contributed by atoms with Crippen LogP contribution in [-0.2, 0) is 0 Å². The molecule has 0 radical (unpaired) electrons. The molecule has 0 aliphatic rings. The van der Waals surface area contributed by atoms with Crippen LogP contribution in [0.4, 0.5) is 4.39 Å². The van der Waals surface area contributed by atoms with Crippen LogP contribution in [0, 0.1) is 5.82 Å². The Morgan fingerprint density at radius 2 is 1.95 bits per heavy atom. The Balaban J connectivity index is 2.53. The first-order chi connectivity index (χ1) is 8.93. The van der Waals surface area contributed by atoms with Gasteiger partial charge in [0.25, 0.3) is 0 Å². The summed E-state index contributed by atoms with van der Waals surface area (Å²) in [6.07, 6.45) is 0.533. The van der Waals surface area contributed by atoms with Crippen LogP contribution < -0.4 is 0 Å². The lowest BCUT2D eigenvalue weighted by Crippen LogP contribution is -2.13. The molecule has 0 bridgehead atoms. The second kappa shape index (κ2) is 5.73. The van der Waals surface area contributed by atoms with E-state index < -0.39 is 11.9 Å². The van der Waals surface area contributed by atoms with E-state index in [0.29, 0.717) is 14.6 Å². The fourth-order valence-electron chi connectivity index (χ4n) is 1.90. The molecule has 1 heterocycles. The number of nitrogens with zero attached hydrogens (tertiary/aromatic N) is 2. The fourth-order valence-corrected chi connectivity index (χ4v) is 2.77. The summed E-state index contributed by atoms with van der Waals surface area (Å²) in [5.74, 6) is -0.460. The second-order valence-corrected chi connectivity index (χ2v) is 6.17. The number of aliphatic hydroxyl groups is 1. The van der Waals surface area contributed by atoms with Crippen molar-refractivity contribution in [3.63, 3.8) is 0 Å². The van der Waals surface area contributed by atoms with Crippen molar-refractivity contribution in [2.24, 2.45) is 0 Å². The Bertz CT molecular complexity index is 598. The van der Waals surface area contributed by atoms with Gasteiger partial charge in [0.2, 0.25) is 0 Å². The van der Waals surface area contributed by atoms with Gasteiger partial charge in [-0.3, -0.25) is 4.68 Å². The molecule has 2 aromatic rings. The van der Waals surface area contributed by atoms with Gasteiger partial charge in [0.15, 0.2) is 0 Å². The van der Waals surface area contributed by atoms with Crippen LogP contribution in [0.25, 0.3) is 0 Å². The highest BCUT2D eigenvalue weighted by Gasteiger charge is 2.24. The molecule has 1 atom stereocenters. The Kier molecular flexibility index (Phi) is 4.43. The topological polar surface area (TPSA) is 38.0 Å². The van der Waals surface area contributed by atoms with Gasteiger partial charge in [0.1, 0.15) is 11.9 Å².